The minimum Gasteiger partial charge on any atom is -0.494 e. The van der Waals surface area contributed by atoms with Crippen LogP contribution in [-0.2, 0) is 4.74 Å². The third kappa shape index (κ3) is 9.88. The van der Waals surface area contributed by atoms with E-state index in [1.165, 1.54) is 19.3 Å². The van der Waals surface area contributed by atoms with Gasteiger partial charge in [0.05, 0.1) is 25.6 Å². The van der Waals surface area contributed by atoms with E-state index in [-0.39, 0.29) is 0 Å². The molecule has 5 nitrogen and oxygen atoms in total. The Labute approximate surface area is 181 Å². The van der Waals surface area contributed by atoms with E-state index in [0.29, 0.717) is 18.2 Å². The zero-order valence-electron chi connectivity index (χ0n) is 18.4. The molecular formula is C25H36N2O3. The monoisotopic (exact) mass is 412 g/mol. The Kier molecular flexibility index (Phi) is 12.3. The van der Waals surface area contributed by atoms with Crippen molar-refractivity contribution in [2.24, 2.45) is 0 Å². The summed E-state index contributed by atoms with van der Waals surface area (Å²) in [5, 5.41) is 0. The van der Waals surface area contributed by atoms with Gasteiger partial charge in [-0.25, -0.2) is 9.97 Å². The molecule has 1 aromatic heterocycles. The summed E-state index contributed by atoms with van der Waals surface area (Å²) >= 11 is 0. The summed E-state index contributed by atoms with van der Waals surface area (Å²) in [5.74, 6) is 2.26. The Morgan fingerprint density at radius 3 is 2.10 bits per heavy atom. The molecule has 0 unspecified atom stereocenters. The number of nitrogens with zero attached hydrogens (tertiary/aromatic N) is 2. The highest BCUT2D eigenvalue weighted by Crippen LogP contribution is 2.20. The topological polar surface area (TPSA) is 53.5 Å². The van der Waals surface area contributed by atoms with Crippen molar-refractivity contribution >= 4 is 0 Å². The van der Waals surface area contributed by atoms with Gasteiger partial charge in [0.1, 0.15) is 5.75 Å². The molecule has 1 aromatic carbocycles. The first-order valence-electron chi connectivity index (χ1n) is 11.2. The van der Waals surface area contributed by atoms with E-state index in [1.807, 2.05) is 30.3 Å². The molecule has 0 amide bonds. The average molecular weight is 413 g/mol. The number of rotatable bonds is 17. The van der Waals surface area contributed by atoms with Crippen molar-refractivity contribution in [2.45, 2.75) is 58.3 Å². The lowest BCUT2D eigenvalue weighted by Gasteiger charge is -2.08. The standard InChI is InChI=1S/C25H36N2O3/c1-3-5-6-7-8-9-18-29-23-14-12-22(13-15-23)25-26-20-24(21-27-25)30-19-11-10-17-28-16-4-2/h3,12-15,20-21H,1,4-11,16-19H2,2H3. The third-order valence-corrected chi connectivity index (χ3v) is 4.61. The molecule has 1 heterocycles. The fourth-order valence-electron chi connectivity index (χ4n) is 2.92. The predicted molar refractivity (Wildman–Crippen MR) is 122 cm³/mol. The molecule has 0 aliphatic carbocycles. The summed E-state index contributed by atoms with van der Waals surface area (Å²) in [5.41, 5.74) is 0.964. The highest BCUT2D eigenvalue weighted by Gasteiger charge is 2.03. The second-order valence-electron chi connectivity index (χ2n) is 7.27. The van der Waals surface area contributed by atoms with Crippen LogP contribution in [0.3, 0.4) is 0 Å². The summed E-state index contributed by atoms with van der Waals surface area (Å²) < 4.78 is 17.0. The third-order valence-electron chi connectivity index (χ3n) is 4.61. The van der Waals surface area contributed by atoms with E-state index < -0.39 is 0 Å². The zero-order chi connectivity index (χ0) is 21.3. The first-order chi connectivity index (χ1) is 14.8. The normalized spacial score (nSPS) is 10.7. The molecule has 2 rings (SSSR count). The van der Waals surface area contributed by atoms with Crippen molar-refractivity contribution in [3.63, 3.8) is 0 Å². The van der Waals surface area contributed by atoms with Gasteiger partial charge in [-0.05, 0) is 62.8 Å². The number of ether oxygens (including phenoxy) is 3. The van der Waals surface area contributed by atoms with Gasteiger partial charge in [-0.3, -0.25) is 0 Å². The second kappa shape index (κ2) is 15.4. The van der Waals surface area contributed by atoms with Crippen molar-refractivity contribution in [3.8, 4) is 22.9 Å². The van der Waals surface area contributed by atoms with Crippen LogP contribution in [0.25, 0.3) is 11.4 Å². The van der Waals surface area contributed by atoms with E-state index >= 15 is 0 Å². The van der Waals surface area contributed by atoms with Crippen LogP contribution in [0.5, 0.6) is 11.5 Å². The number of hydrogen-bond acceptors (Lipinski definition) is 5. The van der Waals surface area contributed by atoms with E-state index in [9.17, 15) is 0 Å². The molecule has 0 N–H and O–H groups in total. The fourth-order valence-corrected chi connectivity index (χ4v) is 2.92. The quantitative estimate of drug-likeness (QED) is 0.227. The molecule has 164 valence electrons. The average Bonchev–Trinajstić information content (AvgIpc) is 2.79. The van der Waals surface area contributed by atoms with Crippen LogP contribution in [0.4, 0.5) is 0 Å². The first-order valence-corrected chi connectivity index (χ1v) is 11.2. The Bertz CT molecular complexity index is 687. The highest BCUT2D eigenvalue weighted by molar-refractivity contribution is 5.56. The Morgan fingerprint density at radius 2 is 1.40 bits per heavy atom. The van der Waals surface area contributed by atoms with Crippen LogP contribution in [0.15, 0.2) is 49.3 Å². The summed E-state index contributed by atoms with van der Waals surface area (Å²) in [4.78, 5) is 8.84. The maximum Gasteiger partial charge on any atom is 0.159 e. The minimum atomic E-state index is 0.651. The van der Waals surface area contributed by atoms with Crippen molar-refractivity contribution in [3.05, 3.63) is 49.3 Å². The maximum absolute atomic E-state index is 5.82. The van der Waals surface area contributed by atoms with Crippen LogP contribution in [0.1, 0.15) is 58.3 Å². The Hall–Kier alpha value is -2.40. The van der Waals surface area contributed by atoms with E-state index in [1.54, 1.807) is 12.4 Å². The Balaban J connectivity index is 1.66. The van der Waals surface area contributed by atoms with Crippen molar-refractivity contribution in [1.82, 2.24) is 9.97 Å². The molecule has 0 saturated carbocycles. The van der Waals surface area contributed by atoms with Gasteiger partial charge in [-0.15, -0.1) is 6.58 Å². The number of benzene rings is 1. The van der Waals surface area contributed by atoms with E-state index in [0.717, 1.165) is 63.2 Å². The minimum absolute atomic E-state index is 0.651. The summed E-state index contributed by atoms with van der Waals surface area (Å²) in [6.07, 6.45) is 14.3. The SMILES string of the molecule is C=CCCCCCCOc1ccc(-c2ncc(OCCCCOCCC)cn2)cc1. The van der Waals surface area contributed by atoms with Gasteiger partial charge in [-0.2, -0.15) is 0 Å². The molecule has 0 spiro atoms. The Morgan fingerprint density at radius 1 is 0.767 bits per heavy atom. The molecule has 0 saturated heterocycles. The van der Waals surface area contributed by atoms with Gasteiger partial charge in [0.2, 0.25) is 0 Å². The first kappa shape index (κ1) is 23.9. The number of aromatic nitrogens is 2. The largest absolute Gasteiger partial charge is 0.494 e. The molecule has 0 aliphatic heterocycles. The van der Waals surface area contributed by atoms with Gasteiger partial charge < -0.3 is 14.2 Å². The molecule has 0 atom stereocenters. The summed E-state index contributed by atoms with van der Waals surface area (Å²) in [6.45, 7) is 8.89. The molecule has 5 heteroatoms. The van der Waals surface area contributed by atoms with Crippen LogP contribution in [0, 0.1) is 0 Å². The van der Waals surface area contributed by atoms with Gasteiger partial charge in [-0.1, -0.05) is 25.8 Å². The van der Waals surface area contributed by atoms with Crippen molar-refractivity contribution in [2.75, 3.05) is 26.4 Å². The number of allylic oxidation sites excluding steroid dienone is 1. The van der Waals surface area contributed by atoms with Crippen molar-refractivity contribution < 1.29 is 14.2 Å². The molecule has 0 bridgehead atoms. The maximum atomic E-state index is 5.82. The second-order valence-corrected chi connectivity index (χ2v) is 7.27. The van der Waals surface area contributed by atoms with Crippen LogP contribution in [0.2, 0.25) is 0 Å². The van der Waals surface area contributed by atoms with E-state index in [2.05, 4.69) is 23.5 Å². The summed E-state index contributed by atoms with van der Waals surface area (Å²) in [7, 11) is 0. The zero-order valence-corrected chi connectivity index (χ0v) is 18.4. The molecule has 0 aliphatic rings. The highest BCUT2D eigenvalue weighted by atomic mass is 16.5. The lowest BCUT2D eigenvalue weighted by atomic mass is 10.1. The van der Waals surface area contributed by atoms with Crippen molar-refractivity contribution in [1.29, 1.82) is 0 Å². The van der Waals surface area contributed by atoms with Crippen LogP contribution in [-0.4, -0.2) is 36.4 Å². The molecule has 2 aromatic rings. The van der Waals surface area contributed by atoms with E-state index in [4.69, 9.17) is 14.2 Å². The predicted octanol–water partition coefficient (Wildman–Crippen LogP) is 6.24. The smallest absolute Gasteiger partial charge is 0.159 e. The molecule has 30 heavy (non-hydrogen) atoms. The summed E-state index contributed by atoms with van der Waals surface area (Å²) in [6, 6.07) is 7.93. The lowest BCUT2D eigenvalue weighted by molar-refractivity contribution is 0.127. The van der Waals surface area contributed by atoms with Gasteiger partial charge in [0.25, 0.3) is 0 Å². The number of unbranched alkanes of at least 4 members (excludes halogenated alkanes) is 5. The van der Waals surface area contributed by atoms with Gasteiger partial charge >= 0.3 is 0 Å². The van der Waals surface area contributed by atoms with Gasteiger partial charge in [0.15, 0.2) is 11.6 Å². The van der Waals surface area contributed by atoms with Crippen LogP contribution < -0.4 is 9.47 Å². The van der Waals surface area contributed by atoms with Gasteiger partial charge in [0, 0.05) is 18.8 Å². The number of hydrogen-bond donors (Lipinski definition) is 0. The fraction of sp³-hybridized carbons (Fsp3) is 0.520. The lowest BCUT2D eigenvalue weighted by Crippen LogP contribution is -2.02. The molecular weight excluding hydrogens is 376 g/mol. The molecule has 0 fully saturated rings. The van der Waals surface area contributed by atoms with Crippen LogP contribution >= 0.6 is 0 Å². The molecule has 0 radical (unpaired) electrons.